The van der Waals surface area contributed by atoms with E-state index < -0.39 is 18.2 Å². The van der Waals surface area contributed by atoms with E-state index >= 15 is 0 Å². The van der Waals surface area contributed by atoms with Gasteiger partial charge in [-0.3, -0.25) is 14.5 Å². The van der Waals surface area contributed by atoms with Gasteiger partial charge in [-0.1, -0.05) is 19.1 Å². The molecule has 2 amide bonds. The lowest BCUT2D eigenvalue weighted by molar-refractivity contribution is -0.144. The molecule has 2 heterocycles. The van der Waals surface area contributed by atoms with E-state index in [1.807, 2.05) is 24.3 Å². The summed E-state index contributed by atoms with van der Waals surface area (Å²) in [6.45, 7) is 2.06. The molecule has 8 heteroatoms. The van der Waals surface area contributed by atoms with E-state index in [-0.39, 0.29) is 29.5 Å². The zero-order valence-electron chi connectivity index (χ0n) is 17.6. The van der Waals surface area contributed by atoms with Crippen molar-refractivity contribution < 1.29 is 28.6 Å². The van der Waals surface area contributed by atoms with Gasteiger partial charge in [-0.2, -0.15) is 0 Å². The standard InChI is InChI=1S/C23H24N2O6/c1-4-13-5-7-14(8-6-13)24-21(27)16-10-12-18(26)25(16)22-15-9-11-17(29-2)20(30-3)19(15)23(28)31-22/h5-9,11,16,22H,4,10,12H2,1-3H3,(H,24,27). The monoisotopic (exact) mass is 424 g/mol. The highest BCUT2D eigenvalue weighted by atomic mass is 16.6. The summed E-state index contributed by atoms with van der Waals surface area (Å²) in [5.41, 5.74) is 2.50. The van der Waals surface area contributed by atoms with Crippen LogP contribution in [0.3, 0.4) is 0 Å². The summed E-state index contributed by atoms with van der Waals surface area (Å²) < 4.78 is 16.1. The summed E-state index contributed by atoms with van der Waals surface area (Å²) >= 11 is 0. The van der Waals surface area contributed by atoms with Gasteiger partial charge in [-0.25, -0.2) is 4.79 Å². The van der Waals surface area contributed by atoms with Crippen molar-refractivity contribution in [2.75, 3.05) is 19.5 Å². The summed E-state index contributed by atoms with van der Waals surface area (Å²) in [5.74, 6) is -0.556. The number of ether oxygens (including phenoxy) is 3. The SMILES string of the molecule is CCc1ccc(NC(=O)C2CCC(=O)N2C2OC(=O)c3c2ccc(OC)c3OC)cc1. The third-order valence-electron chi connectivity index (χ3n) is 5.71. The van der Waals surface area contributed by atoms with Crippen LogP contribution in [-0.2, 0) is 20.7 Å². The number of likely N-dealkylation sites (tertiary alicyclic amines) is 1. The summed E-state index contributed by atoms with van der Waals surface area (Å²) in [6, 6.07) is 10.1. The first kappa shape index (κ1) is 20.7. The molecule has 4 rings (SSSR count). The maximum atomic E-state index is 13.0. The van der Waals surface area contributed by atoms with Crippen molar-refractivity contribution in [1.29, 1.82) is 0 Å². The largest absolute Gasteiger partial charge is 0.493 e. The van der Waals surface area contributed by atoms with Gasteiger partial charge >= 0.3 is 5.97 Å². The summed E-state index contributed by atoms with van der Waals surface area (Å²) in [5, 5.41) is 2.87. The van der Waals surface area contributed by atoms with Crippen LogP contribution < -0.4 is 14.8 Å². The number of aryl methyl sites for hydroxylation is 1. The molecule has 0 bridgehead atoms. The molecule has 2 aliphatic heterocycles. The Kier molecular flexibility index (Phi) is 5.54. The first-order valence-corrected chi connectivity index (χ1v) is 10.1. The van der Waals surface area contributed by atoms with Crippen LogP contribution in [0.4, 0.5) is 5.69 Å². The summed E-state index contributed by atoms with van der Waals surface area (Å²) in [7, 11) is 2.90. The number of amides is 2. The number of anilines is 1. The average Bonchev–Trinajstić information content (AvgIpc) is 3.33. The van der Waals surface area contributed by atoms with Crippen molar-refractivity contribution >= 4 is 23.5 Å². The fourth-order valence-electron chi connectivity index (χ4n) is 4.09. The first-order valence-electron chi connectivity index (χ1n) is 10.1. The van der Waals surface area contributed by atoms with Crippen molar-refractivity contribution in [3.8, 4) is 11.5 Å². The molecule has 2 atom stereocenters. The van der Waals surface area contributed by atoms with Gasteiger partial charge in [-0.15, -0.1) is 0 Å². The number of hydrogen-bond donors (Lipinski definition) is 1. The number of methoxy groups -OCH3 is 2. The Morgan fingerprint density at radius 3 is 2.52 bits per heavy atom. The van der Waals surface area contributed by atoms with Crippen LogP contribution in [0.2, 0.25) is 0 Å². The van der Waals surface area contributed by atoms with Gasteiger partial charge in [0.05, 0.1) is 14.2 Å². The maximum absolute atomic E-state index is 13.0. The van der Waals surface area contributed by atoms with Gasteiger partial charge in [0.2, 0.25) is 18.0 Å². The minimum absolute atomic E-state index is 0.198. The lowest BCUT2D eigenvalue weighted by atomic mass is 10.0. The van der Waals surface area contributed by atoms with Crippen LogP contribution in [0, 0.1) is 0 Å². The molecule has 31 heavy (non-hydrogen) atoms. The van der Waals surface area contributed by atoms with E-state index in [2.05, 4.69) is 12.2 Å². The first-order chi connectivity index (χ1) is 15.0. The highest BCUT2D eigenvalue weighted by Gasteiger charge is 2.47. The Morgan fingerprint density at radius 1 is 1.13 bits per heavy atom. The van der Waals surface area contributed by atoms with E-state index in [0.29, 0.717) is 23.4 Å². The molecule has 1 N–H and O–H groups in total. The molecule has 162 valence electrons. The molecule has 0 spiro atoms. The Bertz CT molecular complexity index is 1030. The quantitative estimate of drug-likeness (QED) is 0.717. The van der Waals surface area contributed by atoms with Gasteiger partial charge in [0, 0.05) is 17.7 Å². The normalized spacial score (nSPS) is 19.8. The number of nitrogens with zero attached hydrogens (tertiary/aromatic N) is 1. The molecule has 2 aromatic carbocycles. The van der Waals surface area contributed by atoms with E-state index in [1.54, 1.807) is 12.1 Å². The minimum Gasteiger partial charge on any atom is -0.493 e. The number of esters is 1. The number of cyclic esters (lactones) is 1. The smallest absolute Gasteiger partial charge is 0.344 e. The van der Waals surface area contributed by atoms with Crippen molar-refractivity contribution in [3.63, 3.8) is 0 Å². The second kappa shape index (κ2) is 8.29. The average molecular weight is 424 g/mol. The predicted octanol–water partition coefficient (Wildman–Crippen LogP) is 3.06. The van der Waals surface area contributed by atoms with Gasteiger partial charge in [0.15, 0.2) is 11.5 Å². The van der Waals surface area contributed by atoms with E-state index in [9.17, 15) is 14.4 Å². The molecule has 0 aromatic heterocycles. The number of rotatable bonds is 6. The van der Waals surface area contributed by atoms with Crippen LogP contribution in [-0.4, -0.2) is 42.9 Å². The zero-order valence-corrected chi connectivity index (χ0v) is 17.6. The van der Waals surface area contributed by atoms with Gasteiger partial charge in [-0.05, 0) is 42.7 Å². The molecular weight excluding hydrogens is 400 g/mol. The number of nitrogens with one attached hydrogen (secondary N) is 1. The highest BCUT2D eigenvalue weighted by molar-refractivity contribution is 6.01. The fourth-order valence-corrected chi connectivity index (χ4v) is 4.09. The van der Waals surface area contributed by atoms with Crippen LogP contribution in [0.1, 0.15) is 47.5 Å². The number of carbonyl (C=O) groups excluding carboxylic acids is 3. The molecule has 8 nitrogen and oxygen atoms in total. The number of fused-ring (bicyclic) bond motifs is 1. The van der Waals surface area contributed by atoms with Crippen LogP contribution >= 0.6 is 0 Å². The highest BCUT2D eigenvalue weighted by Crippen LogP contribution is 2.45. The van der Waals surface area contributed by atoms with Crippen molar-refractivity contribution in [2.24, 2.45) is 0 Å². The fraction of sp³-hybridized carbons (Fsp3) is 0.348. The van der Waals surface area contributed by atoms with Crippen LogP contribution in [0.25, 0.3) is 0 Å². The van der Waals surface area contributed by atoms with Gasteiger partial charge in [0.1, 0.15) is 11.6 Å². The van der Waals surface area contributed by atoms with Gasteiger partial charge in [0.25, 0.3) is 0 Å². The predicted molar refractivity (Wildman–Crippen MR) is 112 cm³/mol. The lowest BCUT2D eigenvalue weighted by Gasteiger charge is -2.29. The lowest BCUT2D eigenvalue weighted by Crippen LogP contribution is -2.43. The third-order valence-corrected chi connectivity index (χ3v) is 5.71. The molecule has 2 aliphatic rings. The maximum Gasteiger partial charge on any atom is 0.344 e. The number of carbonyl (C=O) groups is 3. The summed E-state index contributed by atoms with van der Waals surface area (Å²) in [4.78, 5) is 39.7. The molecule has 2 aromatic rings. The Hall–Kier alpha value is -3.55. The van der Waals surface area contributed by atoms with Crippen molar-refractivity contribution in [2.45, 2.75) is 38.5 Å². The van der Waals surface area contributed by atoms with Gasteiger partial charge < -0.3 is 19.5 Å². The molecule has 1 fully saturated rings. The van der Waals surface area contributed by atoms with Crippen molar-refractivity contribution in [3.05, 3.63) is 53.1 Å². The number of benzene rings is 2. The Morgan fingerprint density at radius 2 is 1.87 bits per heavy atom. The van der Waals surface area contributed by atoms with Crippen LogP contribution in [0.5, 0.6) is 11.5 Å². The molecule has 1 saturated heterocycles. The zero-order chi connectivity index (χ0) is 22.1. The minimum atomic E-state index is -0.990. The van der Waals surface area contributed by atoms with Crippen molar-refractivity contribution in [1.82, 2.24) is 4.90 Å². The second-order valence-corrected chi connectivity index (χ2v) is 7.42. The molecule has 0 aliphatic carbocycles. The van der Waals surface area contributed by atoms with E-state index in [4.69, 9.17) is 14.2 Å². The van der Waals surface area contributed by atoms with E-state index in [1.165, 1.54) is 19.1 Å². The molecule has 2 unspecified atom stereocenters. The Balaban J connectivity index is 1.62. The topological polar surface area (TPSA) is 94.2 Å². The van der Waals surface area contributed by atoms with Crippen LogP contribution in [0.15, 0.2) is 36.4 Å². The second-order valence-electron chi connectivity index (χ2n) is 7.42. The molecule has 0 saturated carbocycles. The third kappa shape index (κ3) is 3.58. The van der Waals surface area contributed by atoms with E-state index in [0.717, 1.165) is 12.0 Å². The number of hydrogen-bond acceptors (Lipinski definition) is 6. The molecule has 0 radical (unpaired) electrons. The summed E-state index contributed by atoms with van der Waals surface area (Å²) in [6.07, 6.45) is 0.452. The molecular formula is C23H24N2O6. The Labute approximate surface area is 180 Å².